The maximum Gasteiger partial charge on any atom is 0.252 e. The van der Waals surface area contributed by atoms with E-state index in [1.807, 2.05) is 18.7 Å². The molecule has 5 nitrogen and oxygen atoms in total. The lowest BCUT2D eigenvalue weighted by Gasteiger charge is -2.33. The number of hydrogen-bond donors (Lipinski definition) is 1. The molecule has 0 aliphatic carbocycles. The van der Waals surface area contributed by atoms with Crippen molar-refractivity contribution in [3.63, 3.8) is 0 Å². The molecular weight excluding hydrogens is 369 g/mol. The quantitative estimate of drug-likeness (QED) is 0.758. The van der Waals surface area contributed by atoms with Crippen LogP contribution in [-0.4, -0.2) is 29.6 Å². The Morgan fingerprint density at radius 2 is 2.21 bits per heavy atom. The van der Waals surface area contributed by atoms with Gasteiger partial charge in [-0.05, 0) is 56.3 Å². The molecule has 2 N–H and O–H groups in total. The number of benzene rings is 1. The Kier molecular flexibility index (Phi) is 3.75. The Morgan fingerprint density at radius 1 is 1.45 bits per heavy atom. The lowest BCUT2D eigenvalue weighted by atomic mass is 9.97. The molecule has 6 heteroatoms. The van der Waals surface area contributed by atoms with Gasteiger partial charge in [0.15, 0.2) is 0 Å². The van der Waals surface area contributed by atoms with Gasteiger partial charge in [0.05, 0.1) is 17.9 Å². The molecule has 156 valence electrons. The molecule has 1 aliphatic heterocycles. The molecule has 1 amide bonds. The van der Waals surface area contributed by atoms with Crippen LogP contribution < -0.4 is 15.4 Å². The van der Waals surface area contributed by atoms with E-state index in [4.69, 9.17) is 20.1 Å². The number of halogens is 1. The third-order valence-corrected chi connectivity index (χ3v) is 5.02. The zero-order chi connectivity index (χ0) is 27.3. The zero-order valence-corrected chi connectivity index (χ0v) is 16.8. The predicted molar refractivity (Wildman–Crippen MR) is 114 cm³/mol. The second kappa shape index (κ2) is 8.01. The summed E-state index contributed by atoms with van der Waals surface area (Å²) in [5, 5.41) is 0. The van der Waals surface area contributed by atoms with Gasteiger partial charge in [-0.2, -0.15) is 0 Å². The highest BCUT2D eigenvalue weighted by Gasteiger charge is 2.38. The summed E-state index contributed by atoms with van der Waals surface area (Å²) in [6, 6.07) is 6.54. The van der Waals surface area contributed by atoms with Gasteiger partial charge < -0.3 is 15.4 Å². The highest BCUT2D eigenvalue weighted by Crippen LogP contribution is 2.38. The van der Waals surface area contributed by atoms with Crippen molar-refractivity contribution < 1.29 is 23.5 Å². The molecule has 0 bridgehead atoms. The number of ether oxygens (including phenoxy) is 1. The fourth-order valence-corrected chi connectivity index (χ4v) is 3.92. The number of amides is 1. The largest absolute Gasteiger partial charge is 0.493 e. The second-order valence-corrected chi connectivity index (χ2v) is 8.11. The summed E-state index contributed by atoms with van der Waals surface area (Å²) in [4.78, 5) is 18.8. The van der Waals surface area contributed by atoms with E-state index in [0.29, 0.717) is 24.0 Å². The van der Waals surface area contributed by atoms with E-state index in [0.717, 1.165) is 12.5 Å². The Labute approximate surface area is 181 Å². The van der Waals surface area contributed by atoms with Gasteiger partial charge >= 0.3 is 0 Å². The lowest BCUT2D eigenvalue weighted by molar-refractivity contribution is 0.100. The van der Waals surface area contributed by atoms with Crippen LogP contribution in [0.3, 0.4) is 0 Å². The summed E-state index contributed by atoms with van der Waals surface area (Å²) < 4.78 is 73.0. The second-order valence-electron chi connectivity index (χ2n) is 8.11. The van der Waals surface area contributed by atoms with Crippen LogP contribution in [0, 0.1) is 17.6 Å². The first-order valence-electron chi connectivity index (χ1n) is 12.9. The minimum atomic E-state index is -3.17. The molecule has 0 spiro atoms. The molecule has 1 aromatic heterocycles. The molecule has 2 aromatic rings. The van der Waals surface area contributed by atoms with Gasteiger partial charge in [0.1, 0.15) is 17.4 Å². The number of anilines is 1. The first-order chi connectivity index (χ1) is 16.4. The molecule has 2 heterocycles. The van der Waals surface area contributed by atoms with Crippen molar-refractivity contribution in [2.75, 3.05) is 18.1 Å². The van der Waals surface area contributed by atoms with Crippen molar-refractivity contribution in [2.24, 2.45) is 17.5 Å². The van der Waals surface area contributed by atoms with Crippen molar-refractivity contribution in [1.82, 2.24) is 4.98 Å². The standard InChI is InChI=1S/C23H30FN3O2/c1-14(2)13-29-18-9-16(8-17(24)10-18)20-7-6-19(21(25)28)22(26-20)27-12-15(3)11-23(27,4)5/h6-10,14-15H,11-13H2,1-5H3,(H2,25,28)/t15-/m0/s1/i1D3,2D3,14D. The Bertz CT molecular complexity index is 1140. The van der Waals surface area contributed by atoms with Gasteiger partial charge in [0.25, 0.3) is 5.91 Å². The van der Waals surface area contributed by atoms with Gasteiger partial charge in [-0.15, -0.1) is 0 Å². The Hall–Kier alpha value is -2.63. The zero-order valence-electron chi connectivity index (χ0n) is 23.8. The molecule has 3 rings (SSSR count). The fourth-order valence-electron chi connectivity index (χ4n) is 3.92. The van der Waals surface area contributed by atoms with Crippen LogP contribution in [0.4, 0.5) is 10.2 Å². The lowest BCUT2D eigenvalue weighted by Crippen LogP contribution is -2.40. The number of nitrogens with zero attached hydrogens (tertiary/aromatic N) is 2. The van der Waals surface area contributed by atoms with Crippen LogP contribution in [-0.2, 0) is 0 Å². The minimum Gasteiger partial charge on any atom is -0.493 e. The summed E-state index contributed by atoms with van der Waals surface area (Å²) in [5.41, 5.74) is 6.08. The molecular formula is C23H30FN3O2. The molecule has 29 heavy (non-hydrogen) atoms. The van der Waals surface area contributed by atoms with Gasteiger partial charge in [-0.1, -0.05) is 20.6 Å². The number of nitrogens with two attached hydrogens (primary N) is 1. The molecule has 0 unspecified atom stereocenters. The van der Waals surface area contributed by atoms with Crippen LogP contribution in [0.25, 0.3) is 11.3 Å². The number of carbonyl (C=O) groups is 1. The normalized spacial score (nSPS) is 23.1. The van der Waals surface area contributed by atoms with Crippen LogP contribution in [0.2, 0.25) is 0 Å². The van der Waals surface area contributed by atoms with Gasteiger partial charge in [-0.3, -0.25) is 4.79 Å². The molecule has 1 aliphatic rings. The SMILES string of the molecule is [2H]C([2H])([2H])C([2H])(COc1cc(F)cc(-c2ccc(C(N)=O)c(N3C[C@@H](C)CC3(C)C)n2)c1)C([2H])([2H])[2H]. The average molecular weight is 407 g/mol. The first kappa shape index (κ1) is 13.6. The molecule has 1 aromatic carbocycles. The maximum atomic E-state index is 14.5. The van der Waals surface area contributed by atoms with Crippen molar-refractivity contribution in [3.8, 4) is 17.0 Å². The number of hydrogen-bond acceptors (Lipinski definition) is 4. The summed E-state index contributed by atoms with van der Waals surface area (Å²) in [5.74, 6) is -3.74. The number of rotatable bonds is 6. The van der Waals surface area contributed by atoms with Gasteiger partial charge in [0.2, 0.25) is 0 Å². The highest BCUT2D eigenvalue weighted by atomic mass is 19.1. The molecule has 1 fully saturated rings. The van der Waals surface area contributed by atoms with Crippen LogP contribution in [0.1, 0.15) is 60.8 Å². The smallest absolute Gasteiger partial charge is 0.252 e. The molecule has 0 radical (unpaired) electrons. The first-order valence-corrected chi connectivity index (χ1v) is 9.38. The van der Waals surface area contributed by atoms with Crippen molar-refractivity contribution in [2.45, 2.75) is 46.4 Å². The summed E-state index contributed by atoms with van der Waals surface area (Å²) in [6.07, 6.45) is 0.872. The van der Waals surface area contributed by atoms with Crippen molar-refractivity contribution >= 4 is 11.7 Å². The van der Waals surface area contributed by atoms with Gasteiger partial charge in [0, 0.05) is 33.3 Å². The number of pyridine rings is 1. The van der Waals surface area contributed by atoms with E-state index in [1.54, 1.807) is 0 Å². The minimum absolute atomic E-state index is 0.160. The van der Waals surface area contributed by atoms with E-state index >= 15 is 0 Å². The monoisotopic (exact) mass is 406 g/mol. The van der Waals surface area contributed by atoms with E-state index in [1.165, 1.54) is 24.3 Å². The van der Waals surface area contributed by atoms with Gasteiger partial charge in [-0.25, -0.2) is 9.37 Å². The number of carbonyl (C=O) groups excluding carboxylic acids is 1. The van der Waals surface area contributed by atoms with Crippen LogP contribution >= 0.6 is 0 Å². The summed E-state index contributed by atoms with van der Waals surface area (Å²) in [6.45, 7) is -0.542. The van der Waals surface area contributed by atoms with Crippen LogP contribution in [0.15, 0.2) is 30.3 Å². The highest BCUT2D eigenvalue weighted by molar-refractivity contribution is 5.98. The predicted octanol–water partition coefficient (Wildman–Crippen LogP) is 4.65. The summed E-state index contributed by atoms with van der Waals surface area (Å²) >= 11 is 0. The Balaban J connectivity index is 2.01. The van der Waals surface area contributed by atoms with Crippen molar-refractivity contribution in [3.05, 3.63) is 41.7 Å². The topological polar surface area (TPSA) is 68.5 Å². The third kappa shape index (κ3) is 4.69. The number of primary amides is 1. The molecule has 0 saturated carbocycles. The molecule has 1 saturated heterocycles. The average Bonchev–Trinajstić information content (AvgIpc) is 3.01. The van der Waals surface area contributed by atoms with E-state index in [2.05, 4.69) is 11.9 Å². The Morgan fingerprint density at radius 3 is 2.83 bits per heavy atom. The van der Waals surface area contributed by atoms with E-state index < -0.39 is 37.9 Å². The van der Waals surface area contributed by atoms with E-state index in [-0.39, 0.29) is 22.4 Å². The molecule has 1 atom stereocenters. The third-order valence-electron chi connectivity index (χ3n) is 5.02. The van der Waals surface area contributed by atoms with Crippen molar-refractivity contribution in [1.29, 1.82) is 0 Å². The van der Waals surface area contributed by atoms with Crippen LogP contribution in [0.5, 0.6) is 5.75 Å². The summed E-state index contributed by atoms with van der Waals surface area (Å²) in [7, 11) is 0. The fraction of sp³-hybridized carbons (Fsp3) is 0.478. The number of aromatic nitrogens is 1. The van der Waals surface area contributed by atoms with E-state index in [9.17, 15) is 9.18 Å². The maximum absolute atomic E-state index is 14.5.